The van der Waals surface area contributed by atoms with E-state index in [1.54, 1.807) is 0 Å². The second-order valence-corrected chi connectivity index (χ2v) is 5.38. The number of carbonyl (C=O) groups is 1. The fourth-order valence-electron chi connectivity index (χ4n) is 1.35. The van der Waals surface area contributed by atoms with Gasteiger partial charge in [-0.05, 0) is 12.8 Å². The van der Waals surface area contributed by atoms with Crippen LogP contribution < -0.4 is 10.6 Å². The number of carbonyl (C=O) groups excluding carboxylic acids is 1. The van der Waals surface area contributed by atoms with Crippen LogP contribution in [0.1, 0.15) is 44.9 Å². The van der Waals surface area contributed by atoms with Crippen molar-refractivity contribution >= 4 is 22.6 Å². The first kappa shape index (κ1) is 12.3. The Morgan fingerprint density at radius 2 is 2.29 bits per heavy atom. The number of anilines is 1. The van der Waals surface area contributed by atoms with Crippen molar-refractivity contribution in [3.8, 4) is 0 Å². The van der Waals surface area contributed by atoms with Gasteiger partial charge >= 0.3 is 0 Å². The predicted molar refractivity (Wildman–Crippen MR) is 68.3 cm³/mol. The van der Waals surface area contributed by atoms with Crippen molar-refractivity contribution in [2.75, 3.05) is 11.9 Å². The monoisotopic (exact) mass is 254 g/mol. The molecule has 1 aliphatic carbocycles. The lowest BCUT2D eigenvalue weighted by Crippen LogP contribution is -2.27. The van der Waals surface area contributed by atoms with Gasteiger partial charge in [0.05, 0.1) is 0 Å². The molecule has 2 rings (SSSR count). The summed E-state index contributed by atoms with van der Waals surface area (Å²) in [5, 5.41) is 6.88. The molecule has 1 saturated carbocycles. The molecule has 0 aliphatic heterocycles. The molecule has 0 unspecified atom stereocenters. The number of nitrogens with zero attached hydrogens (tertiary/aromatic N) is 2. The van der Waals surface area contributed by atoms with Crippen LogP contribution in [0.3, 0.4) is 0 Å². The Kier molecular flexibility index (Phi) is 3.93. The highest BCUT2D eigenvalue weighted by Gasteiger charge is 2.22. The van der Waals surface area contributed by atoms with E-state index < -0.39 is 0 Å². The van der Waals surface area contributed by atoms with E-state index in [9.17, 15) is 4.79 Å². The Hall–Kier alpha value is -1.17. The maximum absolute atomic E-state index is 11.4. The summed E-state index contributed by atoms with van der Waals surface area (Å²) in [6.45, 7) is 4.75. The Morgan fingerprint density at radius 1 is 1.53 bits per heavy atom. The van der Waals surface area contributed by atoms with Gasteiger partial charge in [-0.3, -0.25) is 4.79 Å². The molecule has 0 spiro atoms. The molecule has 1 aromatic rings. The summed E-state index contributed by atoms with van der Waals surface area (Å²) >= 11 is 1.35. The fraction of sp³-hybridized carbons (Fsp3) is 0.727. The summed E-state index contributed by atoms with van der Waals surface area (Å²) in [4.78, 5) is 15.8. The minimum Gasteiger partial charge on any atom is -0.360 e. The summed E-state index contributed by atoms with van der Waals surface area (Å²) in [6, 6.07) is 0.441. The van der Waals surface area contributed by atoms with Crippen LogP contribution in [0.4, 0.5) is 5.13 Å². The molecule has 1 fully saturated rings. The largest absolute Gasteiger partial charge is 0.360 e. The predicted octanol–water partition coefficient (Wildman–Crippen LogP) is 1.74. The topological polar surface area (TPSA) is 66.9 Å². The van der Waals surface area contributed by atoms with Crippen LogP contribution in [0.2, 0.25) is 0 Å². The van der Waals surface area contributed by atoms with Gasteiger partial charge in [0, 0.05) is 36.5 Å². The number of amides is 1. The van der Waals surface area contributed by atoms with E-state index in [0.29, 0.717) is 24.9 Å². The zero-order valence-electron chi connectivity index (χ0n) is 10.2. The van der Waals surface area contributed by atoms with E-state index in [2.05, 4.69) is 33.8 Å². The van der Waals surface area contributed by atoms with Crippen LogP contribution in [0, 0.1) is 0 Å². The maximum Gasteiger partial charge on any atom is 0.221 e. The molecule has 0 atom stereocenters. The minimum absolute atomic E-state index is 0.119. The molecule has 1 aliphatic rings. The summed E-state index contributed by atoms with van der Waals surface area (Å²) in [7, 11) is 0. The van der Waals surface area contributed by atoms with E-state index in [-0.39, 0.29) is 5.91 Å². The van der Waals surface area contributed by atoms with Gasteiger partial charge in [-0.15, -0.1) is 0 Å². The lowest BCUT2D eigenvalue weighted by molar-refractivity contribution is -0.120. The molecule has 1 heterocycles. The first-order valence-corrected chi connectivity index (χ1v) is 6.79. The summed E-state index contributed by atoms with van der Waals surface area (Å²) in [5.74, 6) is 1.33. The SMILES string of the molecule is CC(C)c1nsc(NCCC(=O)NC2CC2)n1. The van der Waals surface area contributed by atoms with Crippen molar-refractivity contribution in [3.05, 3.63) is 5.82 Å². The van der Waals surface area contributed by atoms with E-state index in [4.69, 9.17) is 0 Å². The van der Waals surface area contributed by atoms with Crippen LogP contribution in [-0.2, 0) is 4.79 Å². The van der Waals surface area contributed by atoms with E-state index in [1.165, 1.54) is 11.5 Å². The molecule has 0 saturated heterocycles. The van der Waals surface area contributed by atoms with Gasteiger partial charge in [-0.2, -0.15) is 4.37 Å². The molecule has 1 aromatic heterocycles. The van der Waals surface area contributed by atoms with E-state index >= 15 is 0 Å². The minimum atomic E-state index is 0.119. The molecule has 6 heteroatoms. The van der Waals surface area contributed by atoms with Gasteiger partial charge < -0.3 is 10.6 Å². The summed E-state index contributed by atoms with van der Waals surface area (Å²) < 4.78 is 4.24. The van der Waals surface area contributed by atoms with Gasteiger partial charge in [0.1, 0.15) is 5.82 Å². The van der Waals surface area contributed by atoms with E-state index in [0.717, 1.165) is 23.8 Å². The number of hydrogen-bond donors (Lipinski definition) is 2. The average molecular weight is 254 g/mol. The molecule has 0 radical (unpaired) electrons. The lowest BCUT2D eigenvalue weighted by Gasteiger charge is -2.03. The van der Waals surface area contributed by atoms with Gasteiger partial charge in [0.15, 0.2) is 0 Å². The summed E-state index contributed by atoms with van der Waals surface area (Å²) in [6.07, 6.45) is 2.76. The molecular weight excluding hydrogens is 236 g/mol. The number of rotatable bonds is 6. The number of hydrogen-bond acceptors (Lipinski definition) is 5. The quantitative estimate of drug-likeness (QED) is 0.811. The number of nitrogens with one attached hydrogen (secondary N) is 2. The van der Waals surface area contributed by atoms with Crippen molar-refractivity contribution in [2.24, 2.45) is 0 Å². The number of aromatic nitrogens is 2. The molecule has 17 heavy (non-hydrogen) atoms. The van der Waals surface area contributed by atoms with Gasteiger partial charge in [-0.1, -0.05) is 13.8 Å². The highest BCUT2D eigenvalue weighted by Crippen LogP contribution is 2.19. The zero-order chi connectivity index (χ0) is 12.3. The second kappa shape index (κ2) is 5.44. The molecule has 1 amide bonds. The second-order valence-electron chi connectivity index (χ2n) is 4.63. The van der Waals surface area contributed by atoms with Gasteiger partial charge in [-0.25, -0.2) is 4.98 Å². The van der Waals surface area contributed by atoms with Crippen LogP contribution in [0.15, 0.2) is 0 Å². The van der Waals surface area contributed by atoms with Crippen LogP contribution in [0.5, 0.6) is 0 Å². The molecule has 2 N–H and O–H groups in total. The third kappa shape index (κ3) is 3.96. The third-order valence-electron chi connectivity index (χ3n) is 2.53. The first-order chi connectivity index (χ1) is 8.15. The molecule has 0 aromatic carbocycles. The molecule has 5 nitrogen and oxygen atoms in total. The van der Waals surface area contributed by atoms with Crippen molar-refractivity contribution in [1.29, 1.82) is 0 Å². The molecular formula is C11H18N4OS. The highest BCUT2D eigenvalue weighted by atomic mass is 32.1. The van der Waals surface area contributed by atoms with Gasteiger partial charge in [0.25, 0.3) is 0 Å². The molecule has 94 valence electrons. The first-order valence-electron chi connectivity index (χ1n) is 6.02. The smallest absolute Gasteiger partial charge is 0.221 e. The average Bonchev–Trinajstić information content (AvgIpc) is 2.94. The van der Waals surface area contributed by atoms with Crippen molar-refractivity contribution < 1.29 is 4.79 Å². The van der Waals surface area contributed by atoms with Crippen LogP contribution in [-0.4, -0.2) is 27.9 Å². The zero-order valence-corrected chi connectivity index (χ0v) is 11.0. The Labute approximate surface area is 105 Å². The van der Waals surface area contributed by atoms with E-state index in [1.807, 2.05) is 0 Å². The van der Waals surface area contributed by atoms with Crippen molar-refractivity contribution in [3.63, 3.8) is 0 Å². The maximum atomic E-state index is 11.4. The standard InChI is InChI=1S/C11H18N4OS/c1-7(2)10-14-11(17-15-10)12-6-5-9(16)13-8-3-4-8/h7-8H,3-6H2,1-2H3,(H,13,16)(H,12,14,15). The molecule has 0 bridgehead atoms. The van der Waals surface area contributed by atoms with Crippen molar-refractivity contribution in [2.45, 2.75) is 45.1 Å². The normalized spacial score (nSPS) is 15.0. The fourth-order valence-corrected chi connectivity index (χ4v) is 2.08. The van der Waals surface area contributed by atoms with Gasteiger partial charge in [0.2, 0.25) is 11.0 Å². The Bertz CT molecular complexity index is 387. The lowest BCUT2D eigenvalue weighted by atomic mass is 10.2. The Morgan fingerprint density at radius 3 is 2.88 bits per heavy atom. The third-order valence-corrected chi connectivity index (χ3v) is 3.22. The highest BCUT2D eigenvalue weighted by molar-refractivity contribution is 7.09. The Balaban J connectivity index is 1.67. The van der Waals surface area contributed by atoms with Crippen molar-refractivity contribution in [1.82, 2.24) is 14.7 Å². The summed E-state index contributed by atoms with van der Waals surface area (Å²) in [5.41, 5.74) is 0. The van der Waals surface area contributed by atoms with Crippen LogP contribution >= 0.6 is 11.5 Å². The van der Waals surface area contributed by atoms with Crippen LogP contribution in [0.25, 0.3) is 0 Å².